The van der Waals surface area contributed by atoms with E-state index in [1.54, 1.807) is 31.2 Å². The lowest BCUT2D eigenvalue weighted by atomic mass is 10.0. The molecule has 3 N–H and O–H groups in total. The van der Waals surface area contributed by atoms with Gasteiger partial charge in [0.1, 0.15) is 0 Å². The summed E-state index contributed by atoms with van der Waals surface area (Å²) >= 11 is 0. The fourth-order valence-corrected chi connectivity index (χ4v) is 2.90. The van der Waals surface area contributed by atoms with Crippen LogP contribution in [0, 0.1) is 53.8 Å². The molecule has 0 fully saturated rings. The van der Waals surface area contributed by atoms with Crippen LogP contribution in [0.3, 0.4) is 0 Å². The van der Waals surface area contributed by atoms with Gasteiger partial charge >= 0.3 is 14.0 Å². The van der Waals surface area contributed by atoms with E-state index in [0.29, 0.717) is 11.3 Å². The van der Waals surface area contributed by atoms with Crippen molar-refractivity contribution in [3.8, 4) is 47.9 Å². The third-order valence-electron chi connectivity index (χ3n) is 3.49. The van der Waals surface area contributed by atoms with Crippen molar-refractivity contribution in [2.45, 2.75) is 19.9 Å². The summed E-state index contributed by atoms with van der Waals surface area (Å²) in [6, 6.07) is 5.87. The molecule has 7 nitrogen and oxygen atoms in total. The van der Waals surface area contributed by atoms with Crippen molar-refractivity contribution in [2.75, 3.05) is 18.3 Å². The summed E-state index contributed by atoms with van der Waals surface area (Å²) in [5, 5.41) is 2.69. The molecule has 0 bridgehead atoms. The van der Waals surface area contributed by atoms with Crippen molar-refractivity contribution in [1.29, 1.82) is 0 Å². The Bertz CT molecular complexity index is 1010. The monoisotopic (exact) mass is 423 g/mol. The molecule has 1 aromatic carbocycles. The van der Waals surface area contributed by atoms with Crippen LogP contribution in [-0.4, -0.2) is 30.9 Å². The van der Waals surface area contributed by atoms with Gasteiger partial charge in [0.25, 0.3) is 0 Å². The maximum absolute atomic E-state index is 12.3. The van der Waals surface area contributed by atoms with E-state index in [9.17, 15) is 14.2 Å². The van der Waals surface area contributed by atoms with Crippen LogP contribution in [0.4, 0.5) is 5.69 Å². The number of amides is 1. The second-order valence-corrected chi connectivity index (χ2v) is 7.15. The fourth-order valence-electron chi connectivity index (χ4n) is 1.92. The molecule has 0 saturated heterocycles. The Labute approximate surface area is 176 Å². The number of esters is 1. The second-order valence-electron chi connectivity index (χ2n) is 5.86. The summed E-state index contributed by atoms with van der Waals surface area (Å²) in [6.45, 7) is 2.49. The summed E-state index contributed by atoms with van der Waals surface area (Å²) < 4.78 is 21.3. The van der Waals surface area contributed by atoms with Crippen molar-refractivity contribution in [2.24, 2.45) is 11.7 Å². The van der Waals surface area contributed by atoms with Crippen LogP contribution in [0.15, 0.2) is 24.3 Å². The molecule has 30 heavy (non-hydrogen) atoms. The SMILES string of the molecule is C#CC#CC#CC#Cc1ccc(NC(=O)[C@H](N)C(C)C[P+](=O)OCOC(C)=O)cc1. The van der Waals surface area contributed by atoms with Crippen molar-refractivity contribution in [1.82, 2.24) is 0 Å². The van der Waals surface area contributed by atoms with Crippen molar-refractivity contribution in [3.05, 3.63) is 29.8 Å². The molecule has 8 heteroatoms. The number of nitrogens with two attached hydrogens (primary N) is 1. The average molecular weight is 423 g/mol. The molecule has 0 aromatic heterocycles. The van der Waals surface area contributed by atoms with Crippen LogP contribution in [0.25, 0.3) is 0 Å². The molecule has 0 radical (unpaired) electrons. The molecule has 0 aliphatic heterocycles. The summed E-state index contributed by atoms with van der Waals surface area (Å²) in [5.41, 5.74) is 7.17. The number of hydrogen-bond acceptors (Lipinski definition) is 6. The minimum atomic E-state index is -2.11. The lowest BCUT2D eigenvalue weighted by Crippen LogP contribution is -2.41. The number of ether oxygens (including phenoxy) is 1. The third-order valence-corrected chi connectivity index (χ3v) is 4.76. The van der Waals surface area contributed by atoms with Crippen LogP contribution in [0.1, 0.15) is 19.4 Å². The van der Waals surface area contributed by atoms with Crippen LogP contribution in [0.5, 0.6) is 0 Å². The molecule has 0 saturated carbocycles. The van der Waals surface area contributed by atoms with Gasteiger partial charge in [-0.05, 0) is 64.4 Å². The van der Waals surface area contributed by atoms with Crippen LogP contribution in [0.2, 0.25) is 0 Å². The molecule has 1 amide bonds. The highest BCUT2D eigenvalue weighted by atomic mass is 31.1. The molecular weight excluding hydrogens is 403 g/mol. The standard InChI is InChI=1S/C22H19N2O5P/c1-4-5-6-7-8-9-10-19-11-13-20(14-12-19)24-22(26)21(23)17(2)15-30(27)29-16-28-18(3)25/h1,11-14,17,21H,15-16,23H2,2-3H3/p+1/t17?,21-/m1/s1. The van der Waals surface area contributed by atoms with Gasteiger partial charge in [0.2, 0.25) is 12.7 Å². The molecular formula is C22H20N2O5P+. The molecule has 2 unspecified atom stereocenters. The number of nitrogens with one attached hydrogen (secondary N) is 1. The van der Waals surface area contributed by atoms with E-state index in [1.807, 2.05) is 0 Å². The molecule has 1 rings (SSSR count). The summed E-state index contributed by atoms with van der Waals surface area (Å²) in [5.74, 6) is 16.1. The van der Waals surface area contributed by atoms with E-state index in [1.165, 1.54) is 6.92 Å². The summed E-state index contributed by atoms with van der Waals surface area (Å²) in [6.07, 6.45) is 5.01. The molecule has 3 atom stereocenters. The molecule has 0 spiro atoms. The highest BCUT2D eigenvalue weighted by Crippen LogP contribution is 2.26. The van der Waals surface area contributed by atoms with Gasteiger partial charge in [0.05, 0.1) is 6.04 Å². The predicted octanol–water partition coefficient (Wildman–Crippen LogP) is 1.86. The first-order valence-electron chi connectivity index (χ1n) is 8.67. The Morgan fingerprint density at radius 3 is 2.43 bits per heavy atom. The van der Waals surface area contributed by atoms with Gasteiger partial charge < -0.3 is 15.8 Å². The van der Waals surface area contributed by atoms with E-state index in [-0.39, 0.29) is 6.16 Å². The smallest absolute Gasteiger partial charge is 0.434 e. The maximum Gasteiger partial charge on any atom is 0.511 e. The molecule has 0 heterocycles. The van der Waals surface area contributed by atoms with Gasteiger partial charge in [0.15, 0.2) is 6.16 Å². The van der Waals surface area contributed by atoms with Gasteiger partial charge in [-0.2, -0.15) is 0 Å². The molecule has 0 aliphatic rings. The highest BCUT2D eigenvalue weighted by Gasteiger charge is 2.30. The zero-order valence-corrected chi connectivity index (χ0v) is 17.4. The van der Waals surface area contributed by atoms with Crippen LogP contribution < -0.4 is 11.1 Å². The van der Waals surface area contributed by atoms with E-state index in [0.717, 1.165) is 0 Å². The molecule has 152 valence electrons. The third kappa shape index (κ3) is 10.1. The van der Waals surface area contributed by atoms with Gasteiger partial charge in [-0.15, -0.1) is 10.9 Å². The Balaban J connectivity index is 2.55. The van der Waals surface area contributed by atoms with E-state index >= 15 is 0 Å². The Kier molecular flexibility index (Phi) is 11.1. The van der Waals surface area contributed by atoms with Gasteiger partial charge in [0, 0.05) is 24.1 Å². The van der Waals surface area contributed by atoms with Gasteiger partial charge in [-0.1, -0.05) is 12.8 Å². The normalized spacial score (nSPS) is 11.5. The maximum atomic E-state index is 12.3. The second kappa shape index (κ2) is 13.6. The number of anilines is 1. The Hall–Kier alpha value is -3.58. The Morgan fingerprint density at radius 2 is 1.80 bits per heavy atom. The van der Waals surface area contributed by atoms with E-state index in [4.69, 9.17) is 16.7 Å². The zero-order valence-electron chi connectivity index (χ0n) is 16.5. The van der Waals surface area contributed by atoms with Crippen LogP contribution >= 0.6 is 8.03 Å². The number of terminal acetylenes is 1. The number of rotatable bonds is 8. The topological polar surface area (TPSA) is 108 Å². The Morgan fingerprint density at radius 1 is 1.17 bits per heavy atom. The quantitative estimate of drug-likeness (QED) is 0.286. The summed E-state index contributed by atoms with van der Waals surface area (Å²) in [4.78, 5) is 23.0. The predicted molar refractivity (Wildman–Crippen MR) is 114 cm³/mol. The lowest BCUT2D eigenvalue weighted by molar-refractivity contribution is -0.147. The lowest BCUT2D eigenvalue weighted by Gasteiger charge is -2.15. The fraction of sp³-hybridized carbons (Fsp3) is 0.273. The van der Waals surface area contributed by atoms with E-state index in [2.05, 4.69) is 51.5 Å². The molecule has 1 aromatic rings. The number of hydrogen-bond donors (Lipinski definition) is 2. The van der Waals surface area contributed by atoms with Crippen molar-refractivity contribution >= 4 is 25.6 Å². The minimum absolute atomic E-state index is 0.0481. The first-order chi connectivity index (χ1) is 14.3. The number of carbonyl (C=O) groups is 2. The minimum Gasteiger partial charge on any atom is -0.434 e. The molecule has 0 aliphatic carbocycles. The van der Waals surface area contributed by atoms with Crippen molar-refractivity contribution in [3.63, 3.8) is 0 Å². The first-order valence-corrected chi connectivity index (χ1v) is 10.0. The number of carbonyl (C=O) groups excluding carboxylic acids is 2. The van der Waals surface area contributed by atoms with E-state index < -0.39 is 38.7 Å². The largest absolute Gasteiger partial charge is 0.511 e. The average Bonchev–Trinajstić information content (AvgIpc) is 2.70. The van der Waals surface area contributed by atoms with Gasteiger partial charge in [-0.3, -0.25) is 9.59 Å². The highest BCUT2D eigenvalue weighted by molar-refractivity contribution is 7.39. The summed E-state index contributed by atoms with van der Waals surface area (Å²) in [7, 11) is -2.11. The zero-order chi connectivity index (χ0) is 22.4. The van der Waals surface area contributed by atoms with Gasteiger partial charge in [-0.25, -0.2) is 0 Å². The van der Waals surface area contributed by atoms with Crippen LogP contribution in [-0.2, 0) is 23.4 Å². The first kappa shape index (κ1) is 24.5. The number of benzene rings is 1. The van der Waals surface area contributed by atoms with Crippen molar-refractivity contribution < 1.29 is 23.4 Å².